The zero-order valence-electron chi connectivity index (χ0n) is 9.88. The second-order valence-corrected chi connectivity index (χ2v) is 4.47. The van der Waals surface area contributed by atoms with E-state index in [1.807, 2.05) is 30.3 Å². The molecule has 3 rings (SSSR count). The molecule has 19 heavy (non-hydrogen) atoms. The van der Waals surface area contributed by atoms with Gasteiger partial charge in [0.25, 0.3) is 0 Å². The Morgan fingerprint density at radius 3 is 2.58 bits per heavy atom. The van der Waals surface area contributed by atoms with Gasteiger partial charge in [0.15, 0.2) is 5.82 Å². The van der Waals surface area contributed by atoms with Gasteiger partial charge >= 0.3 is 5.69 Å². The first-order chi connectivity index (χ1) is 9.24. The Morgan fingerprint density at radius 1 is 1.05 bits per heavy atom. The number of aromatic amines is 1. The van der Waals surface area contributed by atoms with Crippen molar-refractivity contribution in [2.75, 3.05) is 0 Å². The molecule has 2 aromatic carbocycles. The lowest BCUT2D eigenvalue weighted by Gasteiger charge is -1.99. The molecule has 0 radical (unpaired) electrons. The van der Waals surface area contributed by atoms with Gasteiger partial charge in [0.1, 0.15) is 0 Å². The van der Waals surface area contributed by atoms with Crippen LogP contribution >= 0.6 is 11.6 Å². The van der Waals surface area contributed by atoms with Crippen LogP contribution in [0.3, 0.4) is 0 Å². The molecule has 0 saturated heterocycles. The van der Waals surface area contributed by atoms with E-state index in [-0.39, 0.29) is 5.69 Å². The number of rotatable bonds is 2. The molecule has 4 nitrogen and oxygen atoms in total. The Morgan fingerprint density at radius 2 is 1.84 bits per heavy atom. The third kappa shape index (κ3) is 2.30. The van der Waals surface area contributed by atoms with Gasteiger partial charge in [0.05, 0.1) is 5.69 Å². The first kappa shape index (κ1) is 11.7. The van der Waals surface area contributed by atoms with Crippen LogP contribution in [-0.4, -0.2) is 14.8 Å². The second-order valence-electron chi connectivity index (χ2n) is 4.04. The van der Waals surface area contributed by atoms with E-state index in [1.54, 1.807) is 24.3 Å². The molecule has 0 amide bonds. The number of nitrogens with zero attached hydrogens (tertiary/aromatic N) is 2. The number of halogens is 1. The van der Waals surface area contributed by atoms with Gasteiger partial charge in [-0.3, -0.25) is 4.98 Å². The second kappa shape index (κ2) is 4.74. The van der Waals surface area contributed by atoms with Crippen LogP contribution in [0.4, 0.5) is 0 Å². The molecule has 0 fully saturated rings. The molecule has 0 aliphatic rings. The summed E-state index contributed by atoms with van der Waals surface area (Å²) in [4.78, 5) is 14.7. The molecule has 1 N–H and O–H groups in total. The van der Waals surface area contributed by atoms with Crippen molar-refractivity contribution in [1.29, 1.82) is 0 Å². The van der Waals surface area contributed by atoms with Crippen LogP contribution in [0.5, 0.6) is 0 Å². The maximum Gasteiger partial charge on any atom is 0.348 e. The van der Waals surface area contributed by atoms with Crippen molar-refractivity contribution in [3.63, 3.8) is 0 Å². The monoisotopic (exact) mass is 271 g/mol. The minimum atomic E-state index is -0.291. The molecule has 0 bridgehead atoms. The van der Waals surface area contributed by atoms with Crippen LogP contribution < -0.4 is 5.69 Å². The molecule has 0 atom stereocenters. The number of aromatic nitrogens is 3. The van der Waals surface area contributed by atoms with Gasteiger partial charge in [-0.2, -0.15) is 4.68 Å². The van der Waals surface area contributed by atoms with Gasteiger partial charge in [0, 0.05) is 10.6 Å². The zero-order chi connectivity index (χ0) is 13.2. The first-order valence-corrected chi connectivity index (χ1v) is 6.12. The van der Waals surface area contributed by atoms with Crippen molar-refractivity contribution in [2.24, 2.45) is 0 Å². The van der Waals surface area contributed by atoms with Crippen LogP contribution in [0.1, 0.15) is 0 Å². The average molecular weight is 272 g/mol. The van der Waals surface area contributed by atoms with Crippen LogP contribution in [0.15, 0.2) is 59.4 Å². The van der Waals surface area contributed by atoms with Gasteiger partial charge in [0.2, 0.25) is 0 Å². The summed E-state index contributed by atoms with van der Waals surface area (Å²) in [7, 11) is 0. The summed E-state index contributed by atoms with van der Waals surface area (Å²) in [5, 5.41) is 4.84. The van der Waals surface area contributed by atoms with Crippen LogP contribution in [-0.2, 0) is 0 Å². The standard InChI is InChI=1S/C14H10ClN3O/c15-11-7-4-8-12(9-11)18-14(19)16-13(17-18)10-5-2-1-3-6-10/h1-9H,(H,16,17,19). The third-order valence-corrected chi connectivity index (χ3v) is 2.95. The number of nitrogens with one attached hydrogen (secondary N) is 1. The first-order valence-electron chi connectivity index (χ1n) is 5.75. The van der Waals surface area contributed by atoms with E-state index in [1.165, 1.54) is 4.68 Å². The van der Waals surface area contributed by atoms with Crippen LogP contribution in [0.2, 0.25) is 5.02 Å². The number of hydrogen-bond acceptors (Lipinski definition) is 2. The van der Waals surface area contributed by atoms with Gasteiger partial charge in [-0.1, -0.05) is 48.0 Å². The largest absolute Gasteiger partial charge is 0.348 e. The highest BCUT2D eigenvalue weighted by Crippen LogP contribution is 2.15. The lowest BCUT2D eigenvalue weighted by atomic mass is 10.2. The summed E-state index contributed by atoms with van der Waals surface area (Å²) in [6.45, 7) is 0. The highest BCUT2D eigenvalue weighted by molar-refractivity contribution is 6.30. The van der Waals surface area contributed by atoms with E-state index < -0.39 is 0 Å². The minimum Gasteiger partial charge on any atom is -0.288 e. The van der Waals surface area contributed by atoms with Crippen molar-refractivity contribution in [2.45, 2.75) is 0 Å². The number of H-pyrrole nitrogens is 1. The molecule has 1 heterocycles. The Hall–Kier alpha value is -2.33. The fourth-order valence-corrected chi connectivity index (χ4v) is 2.02. The van der Waals surface area contributed by atoms with Gasteiger partial charge in [-0.05, 0) is 18.2 Å². The van der Waals surface area contributed by atoms with Crippen LogP contribution in [0, 0.1) is 0 Å². The Kier molecular flexibility index (Phi) is 2.93. The van der Waals surface area contributed by atoms with Gasteiger partial charge < -0.3 is 0 Å². The number of benzene rings is 2. The van der Waals surface area contributed by atoms with Gasteiger partial charge in [-0.25, -0.2) is 4.79 Å². The smallest absolute Gasteiger partial charge is 0.288 e. The normalized spacial score (nSPS) is 10.6. The molecule has 0 saturated carbocycles. The van der Waals surface area contributed by atoms with Crippen molar-refractivity contribution < 1.29 is 0 Å². The maximum atomic E-state index is 11.9. The highest BCUT2D eigenvalue weighted by atomic mass is 35.5. The van der Waals surface area contributed by atoms with E-state index in [0.29, 0.717) is 16.5 Å². The zero-order valence-corrected chi connectivity index (χ0v) is 10.6. The molecule has 3 aromatic rings. The van der Waals surface area contributed by atoms with E-state index in [9.17, 15) is 4.79 Å². The van der Waals surface area contributed by atoms with E-state index in [2.05, 4.69) is 10.1 Å². The minimum absolute atomic E-state index is 0.291. The summed E-state index contributed by atoms with van der Waals surface area (Å²) in [6, 6.07) is 16.5. The molecule has 0 unspecified atom stereocenters. The molecular formula is C14H10ClN3O. The Labute approximate surface area is 114 Å². The summed E-state index contributed by atoms with van der Waals surface area (Å²) in [6.07, 6.45) is 0. The molecule has 5 heteroatoms. The van der Waals surface area contributed by atoms with Crippen LogP contribution in [0.25, 0.3) is 17.1 Å². The average Bonchev–Trinajstić information content (AvgIpc) is 2.82. The summed E-state index contributed by atoms with van der Waals surface area (Å²) in [5.41, 5.74) is 1.21. The maximum absolute atomic E-state index is 11.9. The Bertz CT molecular complexity index is 762. The lowest BCUT2D eigenvalue weighted by Crippen LogP contribution is -2.15. The Balaban J connectivity index is 2.10. The molecule has 0 aliphatic carbocycles. The van der Waals surface area contributed by atoms with Crippen molar-refractivity contribution in [3.8, 4) is 17.1 Å². The van der Waals surface area contributed by atoms with E-state index in [0.717, 1.165) is 5.56 Å². The fraction of sp³-hybridized carbons (Fsp3) is 0. The molecular weight excluding hydrogens is 262 g/mol. The van der Waals surface area contributed by atoms with E-state index in [4.69, 9.17) is 11.6 Å². The highest BCUT2D eigenvalue weighted by Gasteiger charge is 2.08. The number of hydrogen-bond donors (Lipinski definition) is 1. The van der Waals surface area contributed by atoms with Crippen molar-refractivity contribution >= 4 is 11.6 Å². The predicted molar refractivity (Wildman–Crippen MR) is 74.6 cm³/mol. The molecule has 94 valence electrons. The van der Waals surface area contributed by atoms with Crippen molar-refractivity contribution in [3.05, 3.63) is 70.1 Å². The fourth-order valence-electron chi connectivity index (χ4n) is 1.83. The predicted octanol–water partition coefficient (Wildman–Crippen LogP) is 2.88. The summed E-state index contributed by atoms with van der Waals surface area (Å²) >= 11 is 5.92. The molecule has 0 aliphatic heterocycles. The molecule has 0 spiro atoms. The quantitative estimate of drug-likeness (QED) is 0.779. The summed E-state index contributed by atoms with van der Waals surface area (Å²) in [5.74, 6) is 0.533. The van der Waals surface area contributed by atoms with Gasteiger partial charge in [-0.15, -0.1) is 5.10 Å². The molecule has 1 aromatic heterocycles. The third-order valence-electron chi connectivity index (χ3n) is 2.72. The SMILES string of the molecule is O=c1[nH]c(-c2ccccc2)nn1-c1cccc(Cl)c1. The topological polar surface area (TPSA) is 50.7 Å². The lowest BCUT2D eigenvalue weighted by molar-refractivity contribution is 0.845. The summed E-state index contributed by atoms with van der Waals surface area (Å²) < 4.78 is 1.30. The van der Waals surface area contributed by atoms with E-state index >= 15 is 0 Å². The van der Waals surface area contributed by atoms with Crippen molar-refractivity contribution in [1.82, 2.24) is 14.8 Å².